The van der Waals surface area contributed by atoms with Gasteiger partial charge in [0, 0.05) is 6.20 Å². The molecule has 0 bridgehead atoms. The zero-order chi connectivity index (χ0) is 12.7. The lowest BCUT2D eigenvalue weighted by Crippen LogP contribution is -2.09. The first-order valence-corrected chi connectivity index (χ1v) is 7.31. The van der Waals surface area contributed by atoms with Crippen molar-refractivity contribution in [2.75, 3.05) is 19.4 Å². The van der Waals surface area contributed by atoms with Gasteiger partial charge in [0.15, 0.2) is 0 Å². The molecule has 0 saturated heterocycles. The summed E-state index contributed by atoms with van der Waals surface area (Å²) < 4.78 is 22.4. The van der Waals surface area contributed by atoms with E-state index in [0.717, 1.165) is 0 Å². The number of hydrogen-bond acceptors (Lipinski definition) is 5. The van der Waals surface area contributed by atoms with Gasteiger partial charge in [-0.25, -0.2) is 0 Å². The fraction of sp³-hybridized carbons (Fsp3) is 0.545. The topological polar surface area (TPSA) is 68.7 Å². The van der Waals surface area contributed by atoms with Crippen LogP contribution in [0.1, 0.15) is 25.6 Å². The molecule has 1 N–H and O–H groups in total. The van der Waals surface area contributed by atoms with Crippen molar-refractivity contribution in [3.05, 3.63) is 30.1 Å². The lowest BCUT2D eigenvalue weighted by Gasteiger charge is -2.19. The Hall–Kier alpha value is -0.740. The molecule has 0 unspecified atom stereocenters. The summed E-state index contributed by atoms with van der Waals surface area (Å²) in [6.07, 6.45) is 0.552. The van der Waals surface area contributed by atoms with E-state index in [1.54, 1.807) is 38.2 Å². The van der Waals surface area contributed by atoms with Gasteiger partial charge in [-0.2, -0.15) is 0 Å². The van der Waals surface area contributed by atoms with Crippen LogP contribution in [-0.4, -0.2) is 29.5 Å². The van der Waals surface area contributed by atoms with Crippen LogP contribution in [0.2, 0.25) is 0 Å². The maximum absolute atomic E-state index is 12.2. The first-order chi connectivity index (χ1) is 8.11. The van der Waals surface area contributed by atoms with Gasteiger partial charge in [0.05, 0.1) is 25.1 Å². The molecule has 0 amide bonds. The Kier molecular flexibility index (Phi) is 5.78. The van der Waals surface area contributed by atoms with Crippen molar-refractivity contribution < 1.29 is 18.7 Å². The Morgan fingerprint density at radius 2 is 2.00 bits per heavy atom. The minimum atomic E-state index is -3.23. The van der Waals surface area contributed by atoms with Gasteiger partial charge in [-0.3, -0.25) is 9.55 Å². The van der Waals surface area contributed by atoms with Crippen molar-refractivity contribution in [1.29, 1.82) is 0 Å². The molecule has 6 heteroatoms. The van der Waals surface area contributed by atoms with Crippen LogP contribution >= 0.6 is 7.60 Å². The number of aliphatic hydroxyl groups excluding tert-OH is 1. The molecular formula is C11H18NO4P. The molecule has 1 aromatic rings. The third-order valence-corrected chi connectivity index (χ3v) is 4.17. The summed E-state index contributed by atoms with van der Waals surface area (Å²) in [7, 11) is -3.23. The first-order valence-electron chi connectivity index (χ1n) is 5.58. The van der Waals surface area contributed by atoms with Gasteiger partial charge < -0.3 is 14.2 Å². The van der Waals surface area contributed by atoms with E-state index >= 15 is 0 Å². The molecule has 96 valence electrons. The van der Waals surface area contributed by atoms with Crippen LogP contribution in [0, 0.1) is 0 Å². The van der Waals surface area contributed by atoms with Crippen LogP contribution < -0.4 is 0 Å². The minimum absolute atomic E-state index is 0.0777. The molecule has 5 nitrogen and oxygen atoms in total. The molecule has 0 aliphatic heterocycles. The number of nitrogens with zero attached hydrogens (tertiary/aromatic N) is 1. The molecule has 0 aliphatic rings. The van der Waals surface area contributed by atoms with Crippen LogP contribution in [0.25, 0.3) is 0 Å². The van der Waals surface area contributed by atoms with Crippen LogP contribution in [0.5, 0.6) is 0 Å². The molecule has 0 fully saturated rings. The smallest absolute Gasteiger partial charge is 0.333 e. The second-order valence-corrected chi connectivity index (χ2v) is 5.50. The SMILES string of the molecule is CCOP(=O)(C[C@H](O)c1ccccn1)OCC. The minimum Gasteiger partial charge on any atom is -0.386 e. The van der Waals surface area contributed by atoms with E-state index in [-0.39, 0.29) is 19.4 Å². The maximum Gasteiger partial charge on any atom is 0.333 e. The van der Waals surface area contributed by atoms with Crippen LogP contribution in [-0.2, 0) is 13.6 Å². The summed E-state index contributed by atoms with van der Waals surface area (Å²) in [4.78, 5) is 4.00. The molecule has 17 heavy (non-hydrogen) atoms. The zero-order valence-corrected chi connectivity index (χ0v) is 11.0. The summed E-state index contributed by atoms with van der Waals surface area (Å²) >= 11 is 0. The predicted molar refractivity (Wildman–Crippen MR) is 64.9 cm³/mol. The van der Waals surface area contributed by atoms with E-state index in [0.29, 0.717) is 5.69 Å². The maximum atomic E-state index is 12.2. The molecule has 0 aromatic carbocycles. The van der Waals surface area contributed by atoms with E-state index in [9.17, 15) is 9.67 Å². The molecule has 1 atom stereocenters. The van der Waals surface area contributed by atoms with E-state index < -0.39 is 13.7 Å². The molecule has 1 aromatic heterocycles. The van der Waals surface area contributed by atoms with E-state index in [1.807, 2.05) is 0 Å². The van der Waals surface area contributed by atoms with Crippen LogP contribution in [0.15, 0.2) is 24.4 Å². The summed E-state index contributed by atoms with van der Waals surface area (Å²) in [6, 6.07) is 5.19. The Bertz CT molecular complexity index is 361. The monoisotopic (exact) mass is 259 g/mol. The number of hydrogen-bond donors (Lipinski definition) is 1. The molecule has 1 rings (SSSR count). The highest BCUT2D eigenvalue weighted by Gasteiger charge is 2.28. The summed E-state index contributed by atoms with van der Waals surface area (Å²) in [5, 5.41) is 9.91. The second kappa shape index (κ2) is 6.87. The highest BCUT2D eigenvalue weighted by atomic mass is 31.2. The fourth-order valence-corrected chi connectivity index (χ4v) is 3.10. The highest BCUT2D eigenvalue weighted by molar-refractivity contribution is 7.53. The summed E-state index contributed by atoms with van der Waals surface area (Å²) in [5.41, 5.74) is 0.465. The Balaban J connectivity index is 2.71. The fourth-order valence-electron chi connectivity index (χ4n) is 1.41. The Morgan fingerprint density at radius 3 is 2.47 bits per heavy atom. The van der Waals surface area contributed by atoms with Crippen molar-refractivity contribution >= 4 is 7.60 Å². The summed E-state index contributed by atoms with van der Waals surface area (Å²) in [5.74, 6) is 0. The third kappa shape index (κ3) is 4.56. The third-order valence-electron chi connectivity index (χ3n) is 2.08. The molecule has 0 aliphatic carbocycles. The van der Waals surface area contributed by atoms with Crippen molar-refractivity contribution in [3.8, 4) is 0 Å². The molecule has 0 spiro atoms. The van der Waals surface area contributed by atoms with Crippen LogP contribution in [0.3, 0.4) is 0 Å². The standard InChI is InChI=1S/C11H18NO4P/c1-3-15-17(14,16-4-2)9-11(13)10-7-5-6-8-12-10/h5-8,11,13H,3-4,9H2,1-2H3/t11-/m0/s1. The second-order valence-electron chi connectivity index (χ2n) is 3.40. The molecule has 1 heterocycles. The number of rotatable bonds is 7. The van der Waals surface area contributed by atoms with Gasteiger partial charge in [-0.05, 0) is 26.0 Å². The zero-order valence-electron chi connectivity index (χ0n) is 10.1. The van der Waals surface area contributed by atoms with Gasteiger partial charge in [0.1, 0.15) is 6.10 Å². The average Bonchev–Trinajstić information content (AvgIpc) is 2.30. The van der Waals surface area contributed by atoms with Crippen molar-refractivity contribution in [1.82, 2.24) is 4.98 Å². The quantitative estimate of drug-likeness (QED) is 0.761. The van der Waals surface area contributed by atoms with Gasteiger partial charge >= 0.3 is 7.60 Å². The van der Waals surface area contributed by atoms with Gasteiger partial charge in [0.2, 0.25) is 0 Å². The Labute approximate surface area is 101 Å². The van der Waals surface area contributed by atoms with Gasteiger partial charge in [-0.1, -0.05) is 6.07 Å². The summed E-state index contributed by atoms with van der Waals surface area (Å²) in [6.45, 7) is 4.04. The molecular weight excluding hydrogens is 241 g/mol. The molecule has 0 radical (unpaired) electrons. The number of aromatic nitrogens is 1. The largest absolute Gasteiger partial charge is 0.386 e. The highest BCUT2D eigenvalue weighted by Crippen LogP contribution is 2.50. The van der Waals surface area contributed by atoms with E-state index in [1.165, 1.54) is 0 Å². The predicted octanol–water partition coefficient (Wildman–Crippen LogP) is 2.38. The number of aliphatic hydroxyl groups is 1. The number of pyridine rings is 1. The van der Waals surface area contributed by atoms with Crippen molar-refractivity contribution in [2.24, 2.45) is 0 Å². The van der Waals surface area contributed by atoms with Crippen LogP contribution in [0.4, 0.5) is 0 Å². The van der Waals surface area contributed by atoms with Crippen molar-refractivity contribution in [2.45, 2.75) is 20.0 Å². The lowest BCUT2D eigenvalue weighted by molar-refractivity contribution is 0.167. The van der Waals surface area contributed by atoms with E-state index in [2.05, 4.69) is 4.98 Å². The van der Waals surface area contributed by atoms with Gasteiger partial charge in [0.25, 0.3) is 0 Å². The average molecular weight is 259 g/mol. The Morgan fingerprint density at radius 1 is 1.35 bits per heavy atom. The first kappa shape index (κ1) is 14.3. The van der Waals surface area contributed by atoms with E-state index in [4.69, 9.17) is 9.05 Å². The lowest BCUT2D eigenvalue weighted by atomic mass is 10.2. The molecule has 0 saturated carbocycles. The van der Waals surface area contributed by atoms with Crippen molar-refractivity contribution in [3.63, 3.8) is 0 Å². The normalized spacial score (nSPS) is 13.6. The van der Waals surface area contributed by atoms with Gasteiger partial charge in [-0.15, -0.1) is 0 Å².